The molecule has 28 heavy (non-hydrogen) atoms. The highest BCUT2D eigenvalue weighted by Crippen LogP contribution is 2.33. The highest BCUT2D eigenvalue weighted by Gasteiger charge is 2.23. The van der Waals surface area contributed by atoms with Crippen molar-refractivity contribution < 1.29 is 0 Å². The second-order valence-corrected chi connectivity index (χ2v) is 9.22. The number of benzene rings is 1. The molecule has 0 unspecified atom stereocenters. The largest absolute Gasteiger partial charge is 0.275 e. The summed E-state index contributed by atoms with van der Waals surface area (Å²) in [5, 5.41) is 4.48. The molecule has 0 saturated heterocycles. The van der Waals surface area contributed by atoms with Gasteiger partial charge in [0.05, 0.1) is 23.7 Å². The van der Waals surface area contributed by atoms with Crippen LogP contribution in [0.2, 0.25) is 0 Å². The minimum atomic E-state index is -0.0983. The Hall–Kier alpha value is -3.00. The van der Waals surface area contributed by atoms with Gasteiger partial charge in [0.2, 0.25) is 0 Å². The Bertz CT molecular complexity index is 1020. The molecule has 0 aliphatic carbocycles. The van der Waals surface area contributed by atoms with Crippen LogP contribution in [0.1, 0.15) is 52.9 Å². The maximum Gasteiger partial charge on any atom is 0.188 e. The highest BCUT2D eigenvalue weighted by atomic mass is 15.2. The zero-order valence-electron chi connectivity index (χ0n) is 17.7. The van der Waals surface area contributed by atoms with Crippen molar-refractivity contribution in [1.82, 2.24) is 19.7 Å². The summed E-state index contributed by atoms with van der Waals surface area (Å²) >= 11 is 0. The summed E-state index contributed by atoms with van der Waals surface area (Å²) < 4.78 is 1.76. The molecular weight excluding hydrogens is 346 g/mol. The van der Waals surface area contributed by atoms with Gasteiger partial charge in [-0.15, -0.1) is 0 Å². The SMILES string of the molecule is [C-]#[N+]c1cc(-c2ccn(C)n2)cc(-c2nc(C(C)(C)C)cc(C(C)(C)C)n2)c1. The molecule has 0 saturated carbocycles. The molecular formula is C23H27N5. The van der Waals surface area contributed by atoms with Gasteiger partial charge in [-0.1, -0.05) is 41.5 Å². The maximum absolute atomic E-state index is 7.51. The van der Waals surface area contributed by atoms with E-state index in [1.807, 2.05) is 37.5 Å². The van der Waals surface area contributed by atoms with E-state index in [0.717, 1.165) is 28.2 Å². The lowest BCUT2D eigenvalue weighted by Crippen LogP contribution is -2.20. The van der Waals surface area contributed by atoms with Gasteiger partial charge in [-0.25, -0.2) is 14.8 Å². The molecule has 0 bridgehead atoms. The maximum atomic E-state index is 7.51. The number of aromatic nitrogens is 4. The Kier molecular flexibility index (Phi) is 4.84. The van der Waals surface area contributed by atoms with Crippen molar-refractivity contribution in [3.05, 3.63) is 59.3 Å². The van der Waals surface area contributed by atoms with Crippen molar-refractivity contribution in [2.75, 3.05) is 0 Å². The Labute approximate surface area is 167 Å². The molecule has 144 valence electrons. The average molecular weight is 374 g/mol. The van der Waals surface area contributed by atoms with E-state index in [4.69, 9.17) is 16.5 Å². The first-order valence-electron chi connectivity index (χ1n) is 9.40. The molecule has 5 heteroatoms. The summed E-state index contributed by atoms with van der Waals surface area (Å²) in [5.41, 5.74) is 4.91. The van der Waals surface area contributed by atoms with Crippen molar-refractivity contribution in [1.29, 1.82) is 0 Å². The second kappa shape index (κ2) is 6.87. The molecule has 0 spiro atoms. The fourth-order valence-electron chi connectivity index (χ4n) is 2.87. The Morgan fingerprint density at radius 2 is 1.43 bits per heavy atom. The second-order valence-electron chi connectivity index (χ2n) is 9.22. The molecule has 0 fully saturated rings. The predicted octanol–water partition coefficient (Wildman–Crippen LogP) is 5.69. The Balaban J connectivity index is 2.24. The predicted molar refractivity (Wildman–Crippen MR) is 113 cm³/mol. The van der Waals surface area contributed by atoms with Crippen molar-refractivity contribution in [2.24, 2.45) is 7.05 Å². The zero-order valence-corrected chi connectivity index (χ0v) is 17.7. The van der Waals surface area contributed by atoms with E-state index < -0.39 is 0 Å². The van der Waals surface area contributed by atoms with Gasteiger partial charge >= 0.3 is 0 Å². The van der Waals surface area contributed by atoms with Crippen molar-refractivity contribution in [3.8, 4) is 22.6 Å². The normalized spacial score (nSPS) is 12.1. The quantitative estimate of drug-likeness (QED) is 0.542. The summed E-state index contributed by atoms with van der Waals surface area (Å²) in [5.74, 6) is 0.653. The fraction of sp³-hybridized carbons (Fsp3) is 0.391. The molecule has 2 aromatic heterocycles. The molecule has 3 aromatic rings. The van der Waals surface area contributed by atoms with Gasteiger partial charge in [0.25, 0.3) is 0 Å². The van der Waals surface area contributed by atoms with Gasteiger partial charge < -0.3 is 0 Å². The van der Waals surface area contributed by atoms with Crippen LogP contribution in [0.25, 0.3) is 27.5 Å². The number of nitrogens with zero attached hydrogens (tertiary/aromatic N) is 5. The lowest BCUT2D eigenvalue weighted by Gasteiger charge is -2.24. The summed E-state index contributed by atoms with van der Waals surface area (Å²) in [6.07, 6.45) is 1.90. The first kappa shape index (κ1) is 19.8. The van der Waals surface area contributed by atoms with Gasteiger partial charge in [0.15, 0.2) is 11.5 Å². The van der Waals surface area contributed by atoms with Crippen LogP contribution in [-0.4, -0.2) is 19.7 Å². The Morgan fingerprint density at radius 1 is 0.857 bits per heavy atom. The van der Waals surface area contributed by atoms with Crippen molar-refractivity contribution >= 4 is 5.69 Å². The van der Waals surface area contributed by atoms with E-state index in [-0.39, 0.29) is 10.8 Å². The van der Waals surface area contributed by atoms with E-state index in [1.54, 1.807) is 4.68 Å². The molecule has 5 nitrogen and oxygen atoms in total. The van der Waals surface area contributed by atoms with Gasteiger partial charge in [0, 0.05) is 29.6 Å². The van der Waals surface area contributed by atoms with Gasteiger partial charge in [-0.2, -0.15) is 5.10 Å². The van der Waals surface area contributed by atoms with E-state index in [0.29, 0.717) is 11.5 Å². The van der Waals surface area contributed by atoms with Gasteiger partial charge in [-0.05, 0) is 35.9 Å². The first-order valence-corrected chi connectivity index (χ1v) is 9.40. The van der Waals surface area contributed by atoms with Crippen LogP contribution in [0, 0.1) is 6.57 Å². The minimum absolute atomic E-state index is 0.0983. The molecule has 1 aromatic carbocycles. The standard InChI is InChI=1S/C23H27N5/c1-22(2,3)19-14-20(23(4,5)6)26-21(25-19)16-11-15(12-17(13-16)24-7)18-9-10-28(8)27-18/h9-14H,1-6,8H3. The van der Waals surface area contributed by atoms with E-state index in [1.165, 1.54) is 0 Å². The van der Waals surface area contributed by atoms with Crippen molar-refractivity contribution in [2.45, 2.75) is 52.4 Å². The lowest BCUT2D eigenvalue weighted by molar-refractivity contribution is 0.539. The zero-order chi connectivity index (χ0) is 20.7. The van der Waals surface area contributed by atoms with E-state index in [9.17, 15) is 0 Å². The van der Waals surface area contributed by atoms with E-state index in [2.05, 4.69) is 57.6 Å². The first-order chi connectivity index (χ1) is 13.0. The average Bonchev–Trinajstić information content (AvgIpc) is 3.06. The van der Waals surface area contributed by atoms with Crippen LogP contribution >= 0.6 is 0 Å². The smallest absolute Gasteiger partial charge is 0.188 e. The molecule has 0 radical (unpaired) electrons. The number of hydrogen-bond acceptors (Lipinski definition) is 3. The van der Waals surface area contributed by atoms with E-state index >= 15 is 0 Å². The summed E-state index contributed by atoms with van der Waals surface area (Å²) in [6.45, 7) is 20.4. The third-order valence-electron chi connectivity index (χ3n) is 4.58. The molecule has 3 rings (SSSR count). The lowest BCUT2D eigenvalue weighted by atomic mass is 9.86. The van der Waals surface area contributed by atoms with Crippen LogP contribution in [0.4, 0.5) is 5.69 Å². The van der Waals surface area contributed by atoms with Crippen molar-refractivity contribution in [3.63, 3.8) is 0 Å². The van der Waals surface area contributed by atoms with Crippen LogP contribution in [0.5, 0.6) is 0 Å². The molecule has 0 aliphatic heterocycles. The molecule has 0 amide bonds. The highest BCUT2D eigenvalue weighted by molar-refractivity contribution is 5.74. The number of rotatable bonds is 2. The minimum Gasteiger partial charge on any atom is -0.275 e. The van der Waals surface area contributed by atoms with Crippen LogP contribution in [0.3, 0.4) is 0 Å². The summed E-state index contributed by atoms with van der Waals surface area (Å²) in [4.78, 5) is 13.4. The number of aryl methyl sites for hydroxylation is 1. The summed E-state index contributed by atoms with van der Waals surface area (Å²) in [7, 11) is 1.88. The molecule has 2 heterocycles. The van der Waals surface area contributed by atoms with Crippen LogP contribution in [-0.2, 0) is 17.9 Å². The molecule has 0 aliphatic rings. The molecule has 0 atom stereocenters. The third kappa shape index (κ3) is 4.12. The Morgan fingerprint density at radius 3 is 1.89 bits per heavy atom. The van der Waals surface area contributed by atoms with Gasteiger partial charge in [0.1, 0.15) is 0 Å². The number of hydrogen-bond donors (Lipinski definition) is 0. The monoisotopic (exact) mass is 373 g/mol. The van der Waals surface area contributed by atoms with Crippen LogP contribution in [0.15, 0.2) is 36.5 Å². The van der Waals surface area contributed by atoms with Gasteiger partial charge in [-0.3, -0.25) is 4.68 Å². The summed E-state index contributed by atoms with van der Waals surface area (Å²) in [6, 6.07) is 9.78. The third-order valence-corrected chi connectivity index (χ3v) is 4.58. The fourth-order valence-corrected chi connectivity index (χ4v) is 2.87. The molecule has 0 N–H and O–H groups in total. The van der Waals surface area contributed by atoms with Crippen LogP contribution < -0.4 is 0 Å². The topological polar surface area (TPSA) is 48.0 Å².